The minimum atomic E-state index is -0.264. The van der Waals surface area contributed by atoms with Gasteiger partial charge >= 0.3 is 0 Å². The van der Waals surface area contributed by atoms with E-state index in [2.05, 4.69) is 5.32 Å². The van der Waals surface area contributed by atoms with Crippen LogP contribution in [0.1, 0.15) is 13.8 Å². The van der Waals surface area contributed by atoms with Crippen molar-refractivity contribution in [1.29, 1.82) is 0 Å². The quantitative estimate of drug-likeness (QED) is 0.702. The van der Waals surface area contributed by atoms with E-state index in [0.717, 1.165) is 6.54 Å². The normalized spacial score (nSPS) is 35.6. The lowest BCUT2D eigenvalue weighted by Crippen LogP contribution is -2.56. The Balaban J connectivity index is 2.00. The smallest absolute Gasteiger partial charge is 0.230 e. The van der Waals surface area contributed by atoms with E-state index < -0.39 is 0 Å². The van der Waals surface area contributed by atoms with Crippen molar-refractivity contribution in [3.8, 4) is 0 Å². The molecule has 2 fully saturated rings. The number of carbonyl (C=O) groups excluding carboxylic acids is 1. The van der Waals surface area contributed by atoms with Crippen LogP contribution < -0.4 is 5.32 Å². The second kappa shape index (κ2) is 6.65. The Morgan fingerprint density at radius 3 is 2.89 bits per heavy atom. The van der Waals surface area contributed by atoms with Gasteiger partial charge in [0.05, 0.1) is 44.5 Å². The van der Waals surface area contributed by atoms with E-state index in [1.54, 1.807) is 0 Å². The molecular weight excluding hydrogens is 248 g/mol. The summed E-state index contributed by atoms with van der Waals surface area (Å²) in [7, 11) is 0. The van der Waals surface area contributed by atoms with Crippen LogP contribution in [0.5, 0.6) is 0 Å². The Morgan fingerprint density at radius 1 is 1.42 bits per heavy atom. The summed E-state index contributed by atoms with van der Waals surface area (Å²) in [5, 5.41) is 12.5. The molecule has 0 radical (unpaired) electrons. The highest BCUT2D eigenvalue weighted by molar-refractivity contribution is 5.80. The lowest BCUT2D eigenvalue weighted by atomic mass is 10.00. The first-order chi connectivity index (χ1) is 9.17. The Labute approximate surface area is 114 Å². The van der Waals surface area contributed by atoms with E-state index in [9.17, 15) is 9.90 Å². The minimum absolute atomic E-state index is 0.0473. The van der Waals surface area contributed by atoms with E-state index in [-0.39, 0.29) is 36.6 Å². The van der Waals surface area contributed by atoms with Gasteiger partial charge < -0.3 is 24.8 Å². The van der Waals surface area contributed by atoms with E-state index >= 15 is 0 Å². The number of aliphatic hydroxyl groups excluding tert-OH is 1. The molecule has 0 spiro atoms. The number of rotatable bonds is 4. The molecule has 2 aliphatic rings. The van der Waals surface area contributed by atoms with Gasteiger partial charge in [-0.05, 0) is 13.5 Å². The molecule has 0 saturated carbocycles. The van der Waals surface area contributed by atoms with Crippen molar-refractivity contribution in [2.75, 3.05) is 39.5 Å². The third kappa shape index (κ3) is 3.25. The van der Waals surface area contributed by atoms with Gasteiger partial charge in [-0.3, -0.25) is 4.79 Å². The van der Waals surface area contributed by atoms with Crippen LogP contribution in [0.2, 0.25) is 0 Å². The zero-order valence-electron chi connectivity index (χ0n) is 11.7. The summed E-state index contributed by atoms with van der Waals surface area (Å²) < 4.78 is 10.9. The Kier molecular flexibility index (Phi) is 5.15. The molecule has 4 atom stereocenters. The highest BCUT2D eigenvalue weighted by atomic mass is 16.5. The largest absolute Gasteiger partial charge is 0.394 e. The molecule has 19 heavy (non-hydrogen) atoms. The number of carbonyl (C=O) groups is 1. The molecule has 2 heterocycles. The summed E-state index contributed by atoms with van der Waals surface area (Å²) >= 11 is 0. The number of amides is 1. The molecule has 2 aliphatic heterocycles. The van der Waals surface area contributed by atoms with Gasteiger partial charge in [0.2, 0.25) is 5.91 Å². The molecule has 2 rings (SSSR count). The highest BCUT2D eigenvalue weighted by Crippen LogP contribution is 2.21. The Morgan fingerprint density at radius 2 is 2.21 bits per heavy atom. The highest BCUT2D eigenvalue weighted by Gasteiger charge is 2.39. The maximum absolute atomic E-state index is 12.6. The fourth-order valence-corrected chi connectivity index (χ4v) is 2.71. The first-order valence-corrected chi connectivity index (χ1v) is 7.01. The average Bonchev–Trinajstić information content (AvgIpc) is 2.87. The van der Waals surface area contributed by atoms with Crippen LogP contribution in [0.15, 0.2) is 0 Å². The first kappa shape index (κ1) is 14.7. The SMILES string of the molecule is CCNC1COCC1C(=O)N1CC(CO)OCC1C. The van der Waals surface area contributed by atoms with Crippen molar-refractivity contribution >= 4 is 5.91 Å². The summed E-state index contributed by atoms with van der Waals surface area (Å²) in [5.74, 6) is -0.0162. The molecule has 0 aliphatic carbocycles. The lowest BCUT2D eigenvalue weighted by Gasteiger charge is -2.39. The van der Waals surface area contributed by atoms with Gasteiger partial charge in [0.25, 0.3) is 0 Å². The van der Waals surface area contributed by atoms with Crippen molar-refractivity contribution < 1.29 is 19.4 Å². The third-order valence-corrected chi connectivity index (χ3v) is 3.86. The number of hydrogen-bond acceptors (Lipinski definition) is 5. The van der Waals surface area contributed by atoms with E-state index in [0.29, 0.717) is 26.4 Å². The zero-order chi connectivity index (χ0) is 13.8. The Bertz CT molecular complexity index is 313. The monoisotopic (exact) mass is 272 g/mol. The predicted octanol–water partition coefficient (Wildman–Crippen LogP) is -0.781. The summed E-state index contributed by atoms with van der Waals surface area (Å²) in [4.78, 5) is 14.5. The van der Waals surface area contributed by atoms with Crippen molar-refractivity contribution in [1.82, 2.24) is 10.2 Å². The molecule has 2 saturated heterocycles. The number of morpholine rings is 1. The van der Waals surface area contributed by atoms with Crippen LogP contribution in [-0.2, 0) is 14.3 Å². The molecule has 2 N–H and O–H groups in total. The topological polar surface area (TPSA) is 71.0 Å². The second-order valence-corrected chi connectivity index (χ2v) is 5.29. The molecule has 6 nitrogen and oxygen atoms in total. The van der Waals surface area contributed by atoms with Crippen LogP contribution in [0.3, 0.4) is 0 Å². The van der Waals surface area contributed by atoms with E-state index in [1.165, 1.54) is 0 Å². The van der Waals surface area contributed by atoms with Crippen molar-refractivity contribution in [3.05, 3.63) is 0 Å². The molecule has 0 aromatic rings. The molecule has 6 heteroatoms. The summed E-state index contributed by atoms with van der Waals surface area (Å²) in [6.07, 6.45) is -0.264. The fourth-order valence-electron chi connectivity index (χ4n) is 2.71. The summed E-state index contributed by atoms with van der Waals surface area (Å²) in [5.41, 5.74) is 0. The summed E-state index contributed by atoms with van der Waals surface area (Å²) in [6.45, 7) is 6.80. The standard InChI is InChI=1S/C13H24N2O4/c1-3-14-12-8-18-7-11(12)13(17)15-4-10(5-16)19-6-9(15)2/h9-12,14,16H,3-8H2,1-2H3. The van der Waals surface area contributed by atoms with Crippen molar-refractivity contribution in [2.24, 2.45) is 5.92 Å². The van der Waals surface area contributed by atoms with E-state index in [4.69, 9.17) is 9.47 Å². The van der Waals surface area contributed by atoms with Gasteiger partial charge in [0.15, 0.2) is 0 Å². The molecule has 0 aromatic heterocycles. The number of ether oxygens (including phenoxy) is 2. The van der Waals surface area contributed by atoms with Crippen LogP contribution in [0.4, 0.5) is 0 Å². The number of hydrogen-bond donors (Lipinski definition) is 2. The Hall–Kier alpha value is -0.690. The maximum atomic E-state index is 12.6. The first-order valence-electron chi connectivity index (χ1n) is 7.01. The average molecular weight is 272 g/mol. The zero-order valence-corrected chi connectivity index (χ0v) is 11.7. The van der Waals surface area contributed by atoms with Crippen molar-refractivity contribution in [2.45, 2.75) is 32.0 Å². The molecule has 4 unspecified atom stereocenters. The number of aliphatic hydroxyl groups is 1. The van der Waals surface area contributed by atoms with Gasteiger partial charge in [0, 0.05) is 12.6 Å². The number of nitrogens with one attached hydrogen (secondary N) is 1. The van der Waals surface area contributed by atoms with Gasteiger partial charge in [-0.25, -0.2) is 0 Å². The van der Waals surface area contributed by atoms with E-state index in [1.807, 2.05) is 18.7 Å². The van der Waals surface area contributed by atoms with Crippen LogP contribution in [0.25, 0.3) is 0 Å². The van der Waals surface area contributed by atoms with Gasteiger partial charge in [-0.15, -0.1) is 0 Å². The second-order valence-electron chi connectivity index (χ2n) is 5.29. The molecule has 110 valence electrons. The predicted molar refractivity (Wildman–Crippen MR) is 69.8 cm³/mol. The molecule has 0 aromatic carbocycles. The maximum Gasteiger partial charge on any atom is 0.230 e. The van der Waals surface area contributed by atoms with Crippen LogP contribution in [0, 0.1) is 5.92 Å². The lowest BCUT2D eigenvalue weighted by molar-refractivity contribution is -0.150. The molecule has 1 amide bonds. The molecule has 0 bridgehead atoms. The number of likely N-dealkylation sites (N-methyl/N-ethyl adjacent to an activating group) is 1. The van der Waals surface area contributed by atoms with Crippen LogP contribution >= 0.6 is 0 Å². The number of nitrogens with zero attached hydrogens (tertiary/aromatic N) is 1. The summed E-state index contributed by atoms with van der Waals surface area (Å²) in [6, 6.07) is 0.151. The van der Waals surface area contributed by atoms with Gasteiger partial charge in [-0.2, -0.15) is 0 Å². The fraction of sp³-hybridized carbons (Fsp3) is 0.923. The minimum Gasteiger partial charge on any atom is -0.394 e. The molecular formula is C13H24N2O4. The third-order valence-electron chi connectivity index (χ3n) is 3.86. The van der Waals surface area contributed by atoms with Crippen LogP contribution in [-0.4, -0.2) is 73.6 Å². The van der Waals surface area contributed by atoms with Gasteiger partial charge in [-0.1, -0.05) is 6.92 Å². The van der Waals surface area contributed by atoms with Gasteiger partial charge in [0.1, 0.15) is 0 Å². The van der Waals surface area contributed by atoms with Crippen molar-refractivity contribution in [3.63, 3.8) is 0 Å².